The number of pyridine rings is 1. The number of aromatic nitrogens is 3. The van der Waals surface area contributed by atoms with Crippen molar-refractivity contribution < 1.29 is 13.2 Å². The van der Waals surface area contributed by atoms with E-state index in [0.29, 0.717) is 10.9 Å². The summed E-state index contributed by atoms with van der Waals surface area (Å²) < 4.78 is 40.5. The molecule has 0 aliphatic heterocycles. The smallest absolute Gasteiger partial charge is 0.307 e. The van der Waals surface area contributed by atoms with Gasteiger partial charge in [0.05, 0.1) is 23.0 Å². The van der Waals surface area contributed by atoms with E-state index in [4.69, 9.17) is 0 Å². The van der Waals surface area contributed by atoms with Crippen LogP contribution in [-0.4, -0.2) is 14.1 Å². The van der Waals surface area contributed by atoms with Crippen LogP contribution in [-0.2, 0) is 19.8 Å². The maximum absolute atomic E-state index is 12.8. The predicted octanol–water partition coefficient (Wildman–Crippen LogP) is 2.16. The third-order valence-electron chi connectivity index (χ3n) is 3.70. The van der Waals surface area contributed by atoms with Gasteiger partial charge in [-0.1, -0.05) is 12.1 Å². The summed E-state index contributed by atoms with van der Waals surface area (Å²) in [5.41, 5.74) is -1.44. The molecule has 0 bridgehead atoms. The standard InChI is InChI=1S/C16H12F3N3O2/c1-21-13(20-12-5-3-2-4-11(12)15(21)24)9-22-8-10(16(17,18)19)6-7-14(22)23/h2-8H,9H2,1H3. The van der Waals surface area contributed by atoms with Crippen LogP contribution in [0.1, 0.15) is 11.4 Å². The number of benzene rings is 1. The Labute approximate surface area is 133 Å². The van der Waals surface area contributed by atoms with E-state index in [2.05, 4.69) is 4.98 Å². The summed E-state index contributed by atoms with van der Waals surface area (Å²) in [6.45, 7) is -0.237. The minimum absolute atomic E-state index is 0.195. The number of rotatable bonds is 2. The quantitative estimate of drug-likeness (QED) is 0.721. The normalized spacial score (nSPS) is 11.8. The van der Waals surface area contributed by atoms with E-state index < -0.39 is 17.3 Å². The molecule has 0 unspecified atom stereocenters. The van der Waals surface area contributed by atoms with Crippen LogP contribution in [0.25, 0.3) is 10.9 Å². The first-order valence-corrected chi connectivity index (χ1v) is 7.00. The van der Waals surface area contributed by atoms with Gasteiger partial charge in [0.15, 0.2) is 0 Å². The van der Waals surface area contributed by atoms with Crippen molar-refractivity contribution in [1.29, 1.82) is 0 Å². The highest BCUT2D eigenvalue weighted by Crippen LogP contribution is 2.28. The van der Waals surface area contributed by atoms with Gasteiger partial charge in [0.25, 0.3) is 11.1 Å². The SMILES string of the molecule is Cn1c(Cn2cc(C(F)(F)F)ccc2=O)nc2ccccc2c1=O. The second kappa shape index (κ2) is 5.63. The maximum Gasteiger partial charge on any atom is 0.417 e. The molecule has 0 saturated carbocycles. The number of nitrogens with zero attached hydrogens (tertiary/aromatic N) is 3. The molecule has 5 nitrogen and oxygen atoms in total. The van der Waals surface area contributed by atoms with Crippen LogP contribution in [0.4, 0.5) is 13.2 Å². The van der Waals surface area contributed by atoms with Gasteiger partial charge in [-0.25, -0.2) is 4.98 Å². The van der Waals surface area contributed by atoms with E-state index in [1.54, 1.807) is 24.3 Å². The van der Waals surface area contributed by atoms with Gasteiger partial charge in [0.1, 0.15) is 5.82 Å². The molecule has 0 aliphatic carbocycles. The Balaban J connectivity index is 2.12. The van der Waals surface area contributed by atoms with Crippen LogP contribution < -0.4 is 11.1 Å². The largest absolute Gasteiger partial charge is 0.417 e. The summed E-state index contributed by atoms with van der Waals surface area (Å²) in [5, 5.41) is 0.403. The Morgan fingerprint density at radius 3 is 2.50 bits per heavy atom. The van der Waals surface area contributed by atoms with Crippen LogP contribution in [0.2, 0.25) is 0 Å². The molecule has 3 rings (SSSR count). The first-order chi connectivity index (χ1) is 11.3. The molecule has 0 aliphatic rings. The lowest BCUT2D eigenvalue weighted by molar-refractivity contribution is -0.138. The third kappa shape index (κ3) is 2.82. The summed E-state index contributed by atoms with van der Waals surface area (Å²) in [5.74, 6) is 0.195. The molecule has 24 heavy (non-hydrogen) atoms. The van der Waals surface area contributed by atoms with Crippen molar-refractivity contribution in [3.8, 4) is 0 Å². The molecule has 0 fully saturated rings. The van der Waals surface area contributed by atoms with Crippen molar-refractivity contribution in [3.63, 3.8) is 0 Å². The van der Waals surface area contributed by atoms with Gasteiger partial charge in [0, 0.05) is 19.3 Å². The number of hydrogen-bond donors (Lipinski definition) is 0. The Bertz CT molecular complexity index is 1040. The molecule has 0 spiro atoms. The molecule has 0 radical (unpaired) electrons. The summed E-state index contributed by atoms with van der Waals surface area (Å²) in [7, 11) is 1.47. The average Bonchev–Trinajstić information content (AvgIpc) is 2.53. The fourth-order valence-corrected chi connectivity index (χ4v) is 2.38. The molecule has 0 saturated heterocycles. The third-order valence-corrected chi connectivity index (χ3v) is 3.70. The highest BCUT2D eigenvalue weighted by atomic mass is 19.4. The molecule has 3 aromatic rings. The van der Waals surface area contributed by atoms with Crippen molar-refractivity contribution in [2.45, 2.75) is 12.7 Å². The van der Waals surface area contributed by atoms with Crippen molar-refractivity contribution in [3.05, 3.63) is 74.7 Å². The van der Waals surface area contributed by atoms with Gasteiger partial charge >= 0.3 is 6.18 Å². The summed E-state index contributed by atoms with van der Waals surface area (Å²) >= 11 is 0. The van der Waals surface area contributed by atoms with Crippen molar-refractivity contribution in [1.82, 2.24) is 14.1 Å². The lowest BCUT2D eigenvalue weighted by Gasteiger charge is -2.13. The molecule has 8 heteroatoms. The molecule has 0 atom stereocenters. The fraction of sp³-hybridized carbons (Fsp3) is 0.188. The van der Waals surface area contributed by atoms with E-state index in [1.165, 1.54) is 11.6 Å². The highest BCUT2D eigenvalue weighted by Gasteiger charge is 2.31. The first kappa shape index (κ1) is 16.0. The van der Waals surface area contributed by atoms with Gasteiger partial charge in [-0.15, -0.1) is 0 Å². The van der Waals surface area contributed by atoms with Crippen molar-refractivity contribution in [2.24, 2.45) is 7.05 Å². The Kier molecular flexibility index (Phi) is 3.75. The second-order valence-corrected chi connectivity index (χ2v) is 5.29. The molecule has 2 heterocycles. The molecule has 0 amide bonds. The Morgan fingerprint density at radius 2 is 1.79 bits per heavy atom. The topological polar surface area (TPSA) is 56.9 Å². The minimum Gasteiger partial charge on any atom is -0.307 e. The van der Waals surface area contributed by atoms with Crippen LogP contribution in [0.5, 0.6) is 0 Å². The van der Waals surface area contributed by atoms with Gasteiger partial charge in [-0.3, -0.25) is 14.2 Å². The van der Waals surface area contributed by atoms with E-state index in [9.17, 15) is 22.8 Å². The number of hydrogen-bond acceptors (Lipinski definition) is 3. The molecule has 124 valence electrons. The molecule has 0 N–H and O–H groups in total. The lowest BCUT2D eigenvalue weighted by atomic mass is 10.2. The summed E-state index contributed by atoms with van der Waals surface area (Å²) in [6.07, 6.45) is -3.83. The van der Waals surface area contributed by atoms with Crippen LogP contribution in [0.15, 0.2) is 52.2 Å². The summed E-state index contributed by atoms with van der Waals surface area (Å²) in [6, 6.07) is 8.23. The molecule has 1 aromatic carbocycles. The molecular formula is C16H12F3N3O2. The Morgan fingerprint density at radius 1 is 1.08 bits per heavy atom. The van der Waals surface area contributed by atoms with Gasteiger partial charge in [-0.2, -0.15) is 13.2 Å². The predicted molar refractivity (Wildman–Crippen MR) is 81.8 cm³/mol. The minimum atomic E-state index is -4.56. The van der Waals surface area contributed by atoms with Crippen molar-refractivity contribution >= 4 is 10.9 Å². The molecule has 2 aromatic heterocycles. The van der Waals surface area contributed by atoms with Crippen molar-refractivity contribution in [2.75, 3.05) is 0 Å². The zero-order valence-corrected chi connectivity index (χ0v) is 12.5. The van der Waals surface area contributed by atoms with Gasteiger partial charge in [-0.05, 0) is 18.2 Å². The van der Waals surface area contributed by atoms with E-state index in [1.807, 2.05) is 0 Å². The van der Waals surface area contributed by atoms with E-state index in [-0.39, 0.29) is 17.9 Å². The fourth-order valence-electron chi connectivity index (χ4n) is 2.38. The molecular weight excluding hydrogens is 323 g/mol. The number of alkyl halides is 3. The van der Waals surface area contributed by atoms with E-state index in [0.717, 1.165) is 22.9 Å². The van der Waals surface area contributed by atoms with Gasteiger partial charge in [0.2, 0.25) is 0 Å². The number of fused-ring (bicyclic) bond motifs is 1. The van der Waals surface area contributed by atoms with Crippen LogP contribution in [0.3, 0.4) is 0 Å². The summed E-state index contributed by atoms with van der Waals surface area (Å²) in [4.78, 5) is 28.4. The highest BCUT2D eigenvalue weighted by molar-refractivity contribution is 5.77. The average molecular weight is 335 g/mol. The zero-order valence-electron chi connectivity index (χ0n) is 12.5. The van der Waals surface area contributed by atoms with Crippen LogP contribution >= 0.6 is 0 Å². The number of halogens is 3. The number of para-hydroxylation sites is 1. The Hall–Kier alpha value is -2.90. The zero-order chi connectivity index (χ0) is 17.5. The second-order valence-electron chi connectivity index (χ2n) is 5.29. The maximum atomic E-state index is 12.8. The monoisotopic (exact) mass is 335 g/mol. The van der Waals surface area contributed by atoms with Gasteiger partial charge < -0.3 is 4.57 Å². The van der Waals surface area contributed by atoms with Crippen LogP contribution in [0, 0.1) is 0 Å². The van der Waals surface area contributed by atoms with E-state index >= 15 is 0 Å². The first-order valence-electron chi connectivity index (χ1n) is 7.00. The lowest BCUT2D eigenvalue weighted by Crippen LogP contribution is -2.28.